The Morgan fingerprint density at radius 1 is 0.540 bits per heavy atom. The average Bonchev–Trinajstić information content (AvgIpc) is 3.14. The quantitative estimate of drug-likeness (QED) is 0.0895. The van der Waals surface area contributed by atoms with E-state index in [0.717, 1.165) is 34.9 Å². The van der Waals surface area contributed by atoms with E-state index in [1.807, 2.05) is 0 Å². The summed E-state index contributed by atoms with van der Waals surface area (Å²) in [5.74, 6) is 15.7. The van der Waals surface area contributed by atoms with Crippen molar-refractivity contribution < 1.29 is 0 Å². The number of benzene rings is 4. The van der Waals surface area contributed by atoms with Gasteiger partial charge in [-0.3, -0.25) is 0 Å². The number of allylic oxidation sites excluding steroid dienone is 10. The van der Waals surface area contributed by atoms with Crippen molar-refractivity contribution in [3.63, 3.8) is 0 Å². The molecule has 50 heavy (non-hydrogen) atoms. The molecule has 0 aliphatic heterocycles. The predicted octanol–water partition coefficient (Wildman–Crippen LogP) is 10.4. The van der Waals surface area contributed by atoms with E-state index in [4.69, 9.17) is 0 Å². The normalized spacial score (nSPS) is 20.4. The molecule has 2 heteroatoms. The van der Waals surface area contributed by atoms with Crippen molar-refractivity contribution in [2.24, 2.45) is 0 Å². The predicted molar refractivity (Wildman–Crippen MR) is 224 cm³/mol. The maximum atomic E-state index is 3.77. The van der Waals surface area contributed by atoms with E-state index in [-0.39, 0.29) is 11.8 Å². The van der Waals surface area contributed by atoms with Crippen LogP contribution in [0.1, 0.15) is 124 Å². The van der Waals surface area contributed by atoms with Gasteiger partial charge in [0.1, 0.15) is 15.7 Å². The topological polar surface area (TPSA) is 0 Å². The van der Waals surface area contributed by atoms with Crippen molar-refractivity contribution in [2.75, 3.05) is 0 Å². The van der Waals surface area contributed by atoms with Gasteiger partial charge in [-0.05, 0) is 82.6 Å². The molecule has 6 rings (SSSR count). The lowest BCUT2D eigenvalue weighted by molar-refractivity contribution is 0.597. The minimum Gasteiger partial charge on any atom is -0.0864 e. The van der Waals surface area contributed by atoms with Crippen molar-refractivity contribution in [3.8, 4) is 23.7 Å². The summed E-state index contributed by atoms with van der Waals surface area (Å²) in [6.45, 7) is 18.2. The van der Waals surface area contributed by atoms with E-state index in [1.165, 1.54) is 43.8 Å². The number of hydrogen-bond acceptors (Lipinski definition) is 0. The molecule has 0 radical (unpaired) electrons. The van der Waals surface area contributed by atoms with Gasteiger partial charge in [-0.15, -0.1) is 0 Å². The molecule has 0 aromatic heterocycles. The molecule has 0 amide bonds. The van der Waals surface area contributed by atoms with Crippen LogP contribution in [0.15, 0.2) is 107 Å². The Morgan fingerprint density at radius 3 is 1.20 bits per heavy atom. The second-order valence-electron chi connectivity index (χ2n) is 13.9. The van der Waals surface area contributed by atoms with Crippen molar-refractivity contribution in [1.29, 1.82) is 0 Å². The first kappa shape index (κ1) is 35.2. The zero-order chi connectivity index (χ0) is 35.7. The van der Waals surface area contributed by atoms with Gasteiger partial charge < -0.3 is 0 Å². The fourth-order valence-electron chi connectivity index (χ4n) is 9.44. The Kier molecular flexibility index (Phi) is 10.3. The lowest BCUT2D eigenvalue weighted by atomic mass is 9.57. The van der Waals surface area contributed by atoms with Gasteiger partial charge in [-0.2, -0.15) is 0 Å². The molecule has 248 valence electrons. The van der Waals surface area contributed by atoms with Gasteiger partial charge in [-0.25, -0.2) is 0 Å². The molecule has 4 aromatic carbocycles. The van der Waals surface area contributed by atoms with Crippen LogP contribution in [-0.4, -0.2) is 15.7 Å². The lowest BCUT2D eigenvalue weighted by Crippen LogP contribution is -2.30. The van der Waals surface area contributed by atoms with Crippen LogP contribution in [0.5, 0.6) is 0 Å². The number of fused-ring (bicyclic) bond motifs is 4. The number of hydrogen-bond donors (Lipinski definition) is 0. The zero-order valence-electron chi connectivity index (χ0n) is 31.8. The molecule has 0 bridgehead atoms. The molecular formula is C48H50B2. The highest BCUT2D eigenvalue weighted by Gasteiger charge is 2.43. The molecule has 0 nitrogen and oxygen atoms in total. The highest BCUT2D eigenvalue weighted by Crippen LogP contribution is 2.59. The maximum absolute atomic E-state index is 3.77. The van der Waals surface area contributed by atoms with Crippen LogP contribution in [0.3, 0.4) is 0 Å². The SMILES string of the molecule is BCc1c2c(c(CB)c3ccccc13)C(C)C1=C(C(C)c3c(c(C#CC(/C=C\C)=C/C)c4ccccc4c3C#CC(/C=C\C)=C/C)C1C)C2C. The highest BCUT2D eigenvalue weighted by atomic mass is 14.5. The fraction of sp³-hybridized carbons (Fsp3) is 0.292. The highest BCUT2D eigenvalue weighted by molar-refractivity contribution is 6.13. The third-order valence-corrected chi connectivity index (χ3v) is 11.4. The molecular weight excluding hydrogens is 598 g/mol. The van der Waals surface area contributed by atoms with E-state index in [0.29, 0.717) is 11.8 Å². The van der Waals surface area contributed by atoms with Gasteiger partial charge in [0.05, 0.1) is 0 Å². The molecule has 2 aliphatic rings. The minimum absolute atomic E-state index is 0.199. The van der Waals surface area contributed by atoms with Crippen LogP contribution in [0, 0.1) is 23.7 Å². The van der Waals surface area contributed by atoms with Gasteiger partial charge in [0.2, 0.25) is 0 Å². The molecule has 0 spiro atoms. The summed E-state index contributed by atoms with van der Waals surface area (Å²) in [4.78, 5) is 0. The summed E-state index contributed by atoms with van der Waals surface area (Å²) in [5, 5.41) is 5.26. The summed E-state index contributed by atoms with van der Waals surface area (Å²) in [7, 11) is 4.69. The number of rotatable bonds is 4. The van der Waals surface area contributed by atoms with E-state index < -0.39 is 0 Å². The first-order valence-electron chi connectivity index (χ1n) is 18.8. The first-order valence-corrected chi connectivity index (χ1v) is 18.8. The molecule has 2 aliphatic carbocycles. The summed E-state index contributed by atoms with van der Waals surface area (Å²) < 4.78 is 0. The first-order chi connectivity index (χ1) is 24.3. The van der Waals surface area contributed by atoms with Gasteiger partial charge >= 0.3 is 0 Å². The van der Waals surface area contributed by atoms with Crippen molar-refractivity contribution in [3.05, 3.63) is 152 Å². The fourth-order valence-corrected chi connectivity index (χ4v) is 9.44. The molecule has 0 fully saturated rings. The average molecular weight is 649 g/mol. The van der Waals surface area contributed by atoms with E-state index >= 15 is 0 Å². The van der Waals surface area contributed by atoms with Gasteiger partial charge in [0, 0.05) is 45.9 Å². The van der Waals surface area contributed by atoms with Crippen LogP contribution in [0.25, 0.3) is 21.5 Å². The van der Waals surface area contributed by atoms with Crippen molar-refractivity contribution >= 4 is 37.2 Å². The zero-order valence-corrected chi connectivity index (χ0v) is 31.8. The van der Waals surface area contributed by atoms with E-state index in [2.05, 4.69) is 180 Å². The molecule has 0 heterocycles. The standard InChI is InChI=1S/C48H50B2/c1-9-17-33(11-3)23-25-39-35-19-13-14-20-36(35)40(26-24-34(12-4)18-10-2)46-30(6)44-32(8)48-42(28-50)38-22-16-15-21-37(38)41(27-49)47(48)31(7)43(44)29(5)45(39)46/h9-22,29-32H,27-28,49-50H2,1-8H3/b17-9-,18-10-,33-11+,34-12+. The minimum atomic E-state index is 0.199. The molecule has 0 saturated carbocycles. The van der Waals surface area contributed by atoms with Gasteiger partial charge in [0.25, 0.3) is 0 Å². The Labute approximate surface area is 303 Å². The second-order valence-corrected chi connectivity index (χ2v) is 13.9. The summed E-state index contributed by atoms with van der Waals surface area (Å²) in [5.41, 5.74) is 16.5. The summed E-state index contributed by atoms with van der Waals surface area (Å²) in [6.07, 6.45) is 14.6. The van der Waals surface area contributed by atoms with Crippen molar-refractivity contribution in [1.82, 2.24) is 0 Å². The third kappa shape index (κ3) is 5.65. The van der Waals surface area contributed by atoms with Gasteiger partial charge in [-0.1, -0.05) is 160 Å². The lowest BCUT2D eigenvalue weighted by Gasteiger charge is -2.46. The Bertz CT molecular complexity index is 2140. The van der Waals surface area contributed by atoms with Crippen LogP contribution < -0.4 is 0 Å². The Morgan fingerprint density at radius 2 is 0.880 bits per heavy atom. The van der Waals surface area contributed by atoms with Crippen molar-refractivity contribution in [2.45, 2.75) is 91.7 Å². The Balaban J connectivity index is 1.73. The van der Waals surface area contributed by atoms with Crippen LogP contribution in [0.2, 0.25) is 0 Å². The monoisotopic (exact) mass is 648 g/mol. The largest absolute Gasteiger partial charge is 0.107 e. The second kappa shape index (κ2) is 14.7. The van der Waals surface area contributed by atoms with Crippen LogP contribution in [-0.2, 0) is 12.6 Å². The smallest absolute Gasteiger partial charge is 0.0864 e. The third-order valence-electron chi connectivity index (χ3n) is 11.4. The van der Waals surface area contributed by atoms with E-state index in [1.54, 1.807) is 22.3 Å². The van der Waals surface area contributed by atoms with Crippen LogP contribution >= 0.6 is 0 Å². The molecule has 0 saturated heterocycles. The Hall–Kier alpha value is -4.65. The maximum Gasteiger partial charge on any atom is 0.107 e. The molecule has 4 aromatic rings. The van der Waals surface area contributed by atoms with E-state index in [9.17, 15) is 0 Å². The molecule has 4 unspecified atom stereocenters. The van der Waals surface area contributed by atoms with Gasteiger partial charge in [0.15, 0.2) is 0 Å². The summed E-state index contributed by atoms with van der Waals surface area (Å²) in [6, 6.07) is 18.0. The molecule has 4 atom stereocenters. The van der Waals surface area contributed by atoms with Crippen LogP contribution in [0.4, 0.5) is 0 Å². The molecule has 0 N–H and O–H groups in total. The summed E-state index contributed by atoms with van der Waals surface area (Å²) >= 11 is 0.